The summed E-state index contributed by atoms with van der Waals surface area (Å²) in [7, 11) is 0. The number of nitrogens with zero attached hydrogens (tertiary/aromatic N) is 3. The SMILES string of the molecule is CC(C)N(Cc1nnc(-c2ccc(Cl)cc2)o1)C(=O)[C@@H]1COc2ccccc2O1. The number of carbonyl (C=O) groups excluding carboxylic acids is 1. The Labute approximate surface area is 173 Å². The molecule has 8 heteroatoms. The molecule has 1 aliphatic heterocycles. The molecule has 3 aromatic rings. The summed E-state index contributed by atoms with van der Waals surface area (Å²) in [5.41, 5.74) is 0.760. The van der Waals surface area contributed by atoms with Crippen molar-refractivity contribution >= 4 is 17.5 Å². The second-order valence-electron chi connectivity index (χ2n) is 6.93. The van der Waals surface area contributed by atoms with Gasteiger partial charge in [-0.15, -0.1) is 10.2 Å². The topological polar surface area (TPSA) is 77.7 Å². The Morgan fingerprint density at radius 1 is 1.14 bits per heavy atom. The van der Waals surface area contributed by atoms with Crippen LogP contribution in [0.15, 0.2) is 52.9 Å². The van der Waals surface area contributed by atoms with Gasteiger partial charge in [0.05, 0.1) is 6.54 Å². The molecule has 0 unspecified atom stereocenters. The van der Waals surface area contributed by atoms with Crippen molar-refractivity contribution in [3.8, 4) is 23.0 Å². The van der Waals surface area contributed by atoms with Crippen LogP contribution in [0.3, 0.4) is 0 Å². The molecule has 0 saturated heterocycles. The largest absolute Gasteiger partial charge is 0.485 e. The minimum Gasteiger partial charge on any atom is -0.485 e. The van der Waals surface area contributed by atoms with Crippen LogP contribution in [0.2, 0.25) is 5.02 Å². The minimum absolute atomic E-state index is 0.0887. The molecule has 1 amide bonds. The van der Waals surface area contributed by atoms with Crippen LogP contribution in [-0.4, -0.2) is 39.8 Å². The van der Waals surface area contributed by atoms with Crippen molar-refractivity contribution in [2.75, 3.05) is 6.61 Å². The number of para-hydroxylation sites is 2. The van der Waals surface area contributed by atoms with Gasteiger partial charge in [0.2, 0.25) is 17.9 Å². The fraction of sp³-hybridized carbons (Fsp3) is 0.286. The Morgan fingerprint density at radius 2 is 1.86 bits per heavy atom. The number of ether oxygens (including phenoxy) is 2. The first kappa shape index (κ1) is 19.3. The molecule has 0 aliphatic carbocycles. The summed E-state index contributed by atoms with van der Waals surface area (Å²) in [5, 5.41) is 8.79. The second-order valence-corrected chi connectivity index (χ2v) is 7.37. The van der Waals surface area contributed by atoms with Gasteiger partial charge in [-0.3, -0.25) is 4.79 Å². The van der Waals surface area contributed by atoms with Crippen molar-refractivity contribution in [2.24, 2.45) is 0 Å². The van der Waals surface area contributed by atoms with E-state index in [0.29, 0.717) is 28.3 Å². The molecule has 0 saturated carbocycles. The van der Waals surface area contributed by atoms with Crippen LogP contribution < -0.4 is 9.47 Å². The van der Waals surface area contributed by atoms with Crippen molar-refractivity contribution in [3.63, 3.8) is 0 Å². The first-order valence-electron chi connectivity index (χ1n) is 9.28. The van der Waals surface area contributed by atoms with Gasteiger partial charge in [0.15, 0.2) is 11.5 Å². The average Bonchev–Trinajstić information content (AvgIpc) is 3.20. The van der Waals surface area contributed by atoms with Gasteiger partial charge >= 0.3 is 0 Å². The lowest BCUT2D eigenvalue weighted by atomic mass is 10.2. The molecule has 2 aromatic carbocycles. The van der Waals surface area contributed by atoms with E-state index in [-0.39, 0.29) is 25.1 Å². The number of hydrogen-bond donors (Lipinski definition) is 0. The van der Waals surface area contributed by atoms with E-state index in [4.69, 9.17) is 25.5 Å². The molecule has 1 aromatic heterocycles. The molecule has 4 rings (SSSR count). The highest BCUT2D eigenvalue weighted by Gasteiger charge is 2.33. The lowest BCUT2D eigenvalue weighted by Gasteiger charge is -2.32. The average molecular weight is 414 g/mol. The Balaban J connectivity index is 1.49. The zero-order valence-electron chi connectivity index (χ0n) is 16.0. The third-order valence-corrected chi connectivity index (χ3v) is 4.81. The van der Waals surface area contributed by atoms with Crippen LogP contribution in [0.5, 0.6) is 11.5 Å². The molecule has 7 nitrogen and oxygen atoms in total. The fourth-order valence-corrected chi connectivity index (χ4v) is 3.14. The van der Waals surface area contributed by atoms with E-state index < -0.39 is 6.10 Å². The predicted molar refractivity (Wildman–Crippen MR) is 107 cm³/mol. The van der Waals surface area contributed by atoms with Crippen LogP contribution in [0.1, 0.15) is 19.7 Å². The molecular formula is C21H20ClN3O4. The van der Waals surface area contributed by atoms with Crippen LogP contribution in [0, 0.1) is 0 Å². The van der Waals surface area contributed by atoms with Crippen molar-refractivity contribution in [3.05, 3.63) is 59.4 Å². The third kappa shape index (κ3) is 4.19. The predicted octanol–water partition coefficient (Wildman–Crippen LogP) is 3.97. The second kappa shape index (κ2) is 8.13. The van der Waals surface area contributed by atoms with Gasteiger partial charge in [0, 0.05) is 16.6 Å². The Bertz CT molecular complexity index is 1000. The normalized spacial score (nSPS) is 15.4. The summed E-state index contributed by atoms with van der Waals surface area (Å²) in [6.45, 7) is 4.18. The van der Waals surface area contributed by atoms with E-state index in [0.717, 1.165) is 5.56 Å². The summed E-state index contributed by atoms with van der Waals surface area (Å²) in [4.78, 5) is 14.7. The maximum atomic E-state index is 13.1. The van der Waals surface area contributed by atoms with Crippen LogP contribution in [0.25, 0.3) is 11.5 Å². The van der Waals surface area contributed by atoms with Crippen LogP contribution >= 0.6 is 11.6 Å². The minimum atomic E-state index is -0.731. The number of amides is 1. The lowest BCUT2D eigenvalue weighted by Crippen LogP contribution is -2.48. The summed E-state index contributed by atoms with van der Waals surface area (Å²) in [6.07, 6.45) is -0.731. The van der Waals surface area contributed by atoms with Crippen LogP contribution in [-0.2, 0) is 11.3 Å². The third-order valence-electron chi connectivity index (χ3n) is 4.55. The highest BCUT2D eigenvalue weighted by molar-refractivity contribution is 6.30. The number of fused-ring (bicyclic) bond motifs is 1. The molecule has 1 atom stereocenters. The molecule has 0 spiro atoms. The van der Waals surface area contributed by atoms with E-state index in [1.807, 2.05) is 32.0 Å². The van der Waals surface area contributed by atoms with Crippen molar-refractivity contribution in [1.29, 1.82) is 0 Å². The Morgan fingerprint density at radius 3 is 2.59 bits per heavy atom. The van der Waals surface area contributed by atoms with Crippen molar-refractivity contribution in [2.45, 2.75) is 32.5 Å². The monoisotopic (exact) mass is 413 g/mol. The van der Waals surface area contributed by atoms with Crippen LogP contribution in [0.4, 0.5) is 0 Å². The summed E-state index contributed by atoms with van der Waals surface area (Å²) < 4.78 is 17.3. The number of rotatable bonds is 5. The lowest BCUT2D eigenvalue weighted by molar-refractivity contribution is -0.144. The molecule has 29 heavy (non-hydrogen) atoms. The van der Waals surface area contributed by atoms with Crippen molar-refractivity contribution < 1.29 is 18.7 Å². The molecule has 0 fully saturated rings. The Hall–Kier alpha value is -3.06. The van der Waals surface area contributed by atoms with E-state index in [1.165, 1.54) is 0 Å². The Kier molecular flexibility index (Phi) is 5.40. The van der Waals surface area contributed by atoms with Gasteiger partial charge < -0.3 is 18.8 Å². The van der Waals surface area contributed by atoms with E-state index >= 15 is 0 Å². The maximum Gasteiger partial charge on any atom is 0.267 e. The van der Waals surface area contributed by atoms with E-state index in [2.05, 4.69) is 10.2 Å². The number of benzene rings is 2. The number of aromatic nitrogens is 2. The van der Waals surface area contributed by atoms with Gasteiger partial charge in [-0.25, -0.2) is 0 Å². The highest BCUT2D eigenvalue weighted by atomic mass is 35.5. The fourth-order valence-electron chi connectivity index (χ4n) is 3.01. The number of halogens is 1. The van der Waals surface area contributed by atoms with E-state index in [1.54, 1.807) is 35.2 Å². The molecule has 150 valence electrons. The molecule has 1 aliphatic rings. The summed E-state index contributed by atoms with van der Waals surface area (Å²) in [5.74, 6) is 1.72. The van der Waals surface area contributed by atoms with E-state index in [9.17, 15) is 4.79 Å². The van der Waals surface area contributed by atoms with Gasteiger partial charge in [-0.2, -0.15) is 0 Å². The van der Waals surface area contributed by atoms with Gasteiger partial charge in [-0.05, 0) is 50.2 Å². The molecule has 0 N–H and O–H groups in total. The summed E-state index contributed by atoms with van der Waals surface area (Å²) >= 11 is 5.92. The van der Waals surface area contributed by atoms with Gasteiger partial charge in [-0.1, -0.05) is 23.7 Å². The number of hydrogen-bond acceptors (Lipinski definition) is 6. The van der Waals surface area contributed by atoms with Crippen molar-refractivity contribution in [1.82, 2.24) is 15.1 Å². The standard InChI is InChI=1S/C21H20ClN3O4/c1-13(2)25(21(26)18-12-27-16-5-3-4-6-17(16)28-18)11-19-23-24-20(29-19)14-7-9-15(22)10-8-14/h3-10,13,18H,11-12H2,1-2H3/t18-/m0/s1. The molecule has 0 radical (unpaired) electrons. The van der Waals surface area contributed by atoms with Gasteiger partial charge in [0.1, 0.15) is 6.61 Å². The van der Waals surface area contributed by atoms with Gasteiger partial charge in [0.25, 0.3) is 5.91 Å². The quantitative estimate of drug-likeness (QED) is 0.629. The first-order valence-corrected chi connectivity index (χ1v) is 9.66. The maximum absolute atomic E-state index is 13.1. The highest BCUT2D eigenvalue weighted by Crippen LogP contribution is 2.31. The number of carbonyl (C=O) groups is 1. The zero-order valence-corrected chi connectivity index (χ0v) is 16.8. The smallest absolute Gasteiger partial charge is 0.267 e. The molecule has 0 bridgehead atoms. The first-order chi connectivity index (χ1) is 14.0. The molecule has 2 heterocycles. The summed E-state index contributed by atoms with van der Waals surface area (Å²) in [6, 6.07) is 14.3. The molecular weight excluding hydrogens is 394 g/mol. The zero-order chi connectivity index (χ0) is 20.4.